The van der Waals surface area contributed by atoms with E-state index in [-0.39, 0.29) is 5.54 Å². The zero-order valence-corrected chi connectivity index (χ0v) is 11.3. The molecule has 2 aliphatic carbocycles. The van der Waals surface area contributed by atoms with Crippen LogP contribution in [0, 0.1) is 23.7 Å². The Labute approximate surface area is 101 Å². The Kier molecular flexibility index (Phi) is 3.63. The van der Waals surface area contributed by atoms with Gasteiger partial charge in [0.2, 0.25) is 0 Å². The van der Waals surface area contributed by atoms with Crippen molar-refractivity contribution in [1.82, 2.24) is 0 Å². The fourth-order valence-electron chi connectivity index (χ4n) is 4.40. The van der Waals surface area contributed by atoms with Crippen LogP contribution < -0.4 is 5.73 Å². The summed E-state index contributed by atoms with van der Waals surface area (Å²) in [4.78, 5) is 0. The van der Waals surface area contributed by atoms with E-state index in [1.165, 1.54) is 44.9 Å². The number of rotatable bonds is 1. The summed E-state index contributed by atoms with van der Waals surface area (Å²) in [6.45, 7) is 7.18. The second kappa shape index (κ2) is 4.68. The summed E-state index contributed by atoms with van der Waals surface area (Å²) in [5, 5.41) is 0. The molecule has 2 saturated carbocycles. The van der Waals surface area contributed by atoms with Crippen molar-refractivity contribution in [3.63, 3.8) is 0 Å². The molecule has 2 aliphatic rings. The van der Waals surface area contributed by atoms with E-state index < -0.39 is 0 Å². The Morgan fingerprint density at radius 3 is 1.81 bits per heavy atom. The Morgan fingerprint density at radius 1 is 0.812 bits per heavy atom. The fraction of sp³-hybridized carbons (Fsp3) is 1.00. The second-order valence-corrected chi connectivity index (χ2v) is 7.04. The second-order valence-electron chi connectivity index (χ2n) is 7.04. The molecule has 1 heteroatoms. The van der Waals surface area contributed by atoms with Crippen molar-refractivity contribution in [2.24, 2.45) is 29.4 Å². The van der Waals surface area contributed by atoms with Crippen LogP contribution in [0.15, 0.2) is 0 Å². The molecule has 0 aromatic heterocycles. The Balaban J connectivity index is 2.00. The molecule has 0 aliphatic heterocycles. The first-order chi connectivity index (χ1) is 7.49. The molecule has 2 atom stereocenters. The van der Waals surface area contributed by atoms with Crippen LogP contribution in [0.4, 0.5) is 0 Å². The lowest BCUT2D eigenvalue weighted by atomic mass is 9.62. The van der Waals surface area contributed by atoms with Gasteiger partial charge >= 0.3 is 0 Å². The molecule has 0 radical (unpaired) electrons. The van der Waals surface area contributed by atoms with Gasteiger partial charge in [-0.25, -0.2) is 0 Å². The molecule has 0 spiro atoms. The quantitative estimate of drug-likeness (QED) is 0.715. The average Bonchev–Trinajstić information content (AvgIpc) is 2.16. The van der Waals surface area contributed by atoms with E-state index in [9.17, 15) is 0 Å². The molecule has 2 fully saturated rings. The maximum atomic E-state index is 6.76. The highest BCUT2D eigenvalue weighted by molar-refractivity contribution is 4.98. The van der Waals surface area contributed by atoms with Crippen molar-refractivity contribution in [1.29, 1.82) is 0 Å². The monoisotopic (exact) mass is 223 g/mol. The van der Waals surface area contributed by atoms with Crippen LogP contribution in [0.3, 0.4) is 0 Å². The summed E-state index contributed by atoms with van der Waals surface area (Å²) in [6.07, 6.45) is 9.53. The molecule has 1 nitrogen and oxygen atoms in total. The Bertz CT molecular complexity index is 218. The van der Waals surface area contributed by atoms with Crippen LogP contribution in [0.2, 0.25) is 0 Å². The lowest BCUT2D eigenvalue weighted by Gasteiger charge is -2.47. The predicted molar refractivity (Wildman–Crippen MR) is 70.2 cm³/mol. The Morgan fingerprint density at radius 2 is 1.31 bits per heavy atom. The van der Waals surface area contributed by atoms with Gasteiger partial charge in [0.1, 0.15) is 0 Å². The van der Waals surface area contributed by atoms with E-state index in [1.54, 1.807) is 0 Å². The van der Waals surface area contributed by atoms with Crippen LogP contribution in [-0.4, -0.2) is 5.54 Å². The smallest absolute Gasteiger partial charge is 0.0187 e. The normalized spacial score (nSPS) is 50.2. The SMILES string of the molecule is CC1CCC(C2(N)CC(C)CC(C)C2)CC1. The van der Waals surface area contributed by atoms with Crippen LogP contribution in [0.5, 0.6) is 0 Å². The van der Waals surface area contributed by atoms with Crippen LogP contribution in [0.25, 0.3) is 0 Å². The summed E-state index contributed by atoms with van der Waals surface area (Å²) in [6, 6.07) is 0. The van der Waals surface area contributed by atoms with E-state index in [1.807, 2.05) is 0 Å². The first kappa shape index (κ1) is 12.4. The van der Waals surface area contributed by atoms with E-state index >= 15 is 0 Å². The average molecular weight is 223 g/mol. The molecule has 2 unspecified atom stereocenters. The van der Waals surface area contributed by atoms with Crippen molar-refractivity contribution in [2.75, 3.05) is 0 Å². The lowest BCUT2D eigenvalue weighted by molar-refractivity contribution is 0.0888. The zero-order chi connectivity index (χ0) is 11.8. The molecular weight excluding hydrogens is 194 g/mol. The van der Waals surface area contributed by atoms with Crippen molar-refractivity contribution in [3.8, 4) is 0 Å². The largest absolute Gasteiger partial charge is 0.325 e. The molecular formula is C15H29N. The van der Waals surface area contributed by atoms with Crippen LogP contribution in [-0.2, 0) is 0 Å². The van der Waals surface area contributed by atoms with Crippen molar-refractivity contribution in [2.45, 2.75) is 71.3 Å². The van der Waals surface area contributed by atoms with Gasteiger partial charge in [-0.05, 0) is 55.8 Å². The van der Waals surface area contributed by atoms with Crippen molar-refractivity contribution < 1.29 is 0 Å². The molecule has 2 N–H and O–H groups in total. The summed E-state index contributed by atoms with van der Waals surface area (Å²) >= 11 is 0. The van der Waals surface area contributed by atoms with Gasteiger partial charge in [0, 0.05) is 5.54 Å². The van der Waals surface area contributed by atoms with Gasteiger partial charge in [-0.1, -0.05) is 33.6 Å². The van der Waals surface area contributed by atoms with E-state index in [0.29, 0.717) is 0 Å². The topological polar surface area (TPSA) is 26.0 Å². The van der Waals surface area contributed by atoms with E-state index in [0.717, 1.165) is 23.7 Å². The van der Waals surface area contributed by atoms with Gasteiger partial charge in [0.15, 0.2) is 0 Å². The Hall–Kier alpha value is -0.0400. The highest BCUT2D eigenvalue weighted by atomic mass is 14.8. The first-order valence-corrected chi connectivity index (χ1v) is 7.28. The van der Waals surface area contributed by atoms with Gasteiger partial charge < -0.3 is 5.73 Å². The lowest BCUT2D eigenvalue weighted by Crippen LogP contribution is -2.52. The molecule has 0 saturated heterocycles. The van der Waals surface area contributed by atoms with E-state index in [2.05, 4.69) is 20.8 Å². The molecule has 0 amide bonds. The molecule has 0 aromatic carbocycles. The summed E-state index contributed by atoms with van der Waals surface area (Å²) in [7, 11) is 0. The van der Waals surface area contributed by atoms with Gasteiger partial charge in [-0.15, -0.1) is 0 Å². The third-order valence-corrected chi connectivity index (χ3v) is 5.09. The summed E-state index contributed by atoms with van der Waals surface area (Å²) in [5.41, 5.74) is 6.94. The minimum absolute atomic E-state index is 0.178. The molecule has 0 aromatic rings. The molecule has 0 heterocycles. The molecule has 16 heavy (non-hydrogen) atoms. The minimum atomic E-state index is 0.178. The summed E-state index contributed by atoms with van der Waals surface area (Å²) < 4.78 is 0. The highest BCUT2D eigenvalue weighted by Gasteiger charge is 2.41. The van der Waals surface area contributed by atoms with Gasteiger partial charge in [-0.2, -0.15) is 0 Å². The zero-order valence-electron chi connectivity index (χ0n) is 11.3. The maximum absolute atomic E-state index is 6.76. The molecule has 2 rings (SSSR count). The summed E-state index contributed by atoms with van der Waals surface area (Å²) in [5.74, 6) is 3.44. The molecule has 0 bridgehead atoms. The molecule has 94 valence electrons. The third-order valence-electron chi connectivity index (χ3n) is 5.09. The van der Waals surface area contributed by atoms with Gasteiger partial charge in [0.05, 0.1) is 0 Å². The maximum Gasteiger partial charge on any atom is 0.0187 e. The van der Waals surface area contributed by atoms with Gasteiger partial charge in [-0.3, -0.25) is 0 Å². The minimum Gasteiger partial charge on any atom is -0.325 e. The first-order valence-electron chi connectivity index (χ1n) is 7.28. The van der Waals surface area contributed by atoms with Crippen LogP contribution in [0.1, 0.15) is 65.7 Å². The van der Waals surface area contributed by atoms with Gasteiger partial charge in [0.25, 0.3) is 0 Å². The standard InChI is InChI=1S/C15H29N/c1-11-4-6-14(7-5-11)15(16)9-12(2)8-13(3)10-15/h11-14H,4-10,16H2,1-3H3. The number of hydrogen-bond donors (Lipinski definition) is 1. The van der Waals surface area contributed by atoms with Crippen molar-refractivity contribution in [3.05, 3.63) is 0 Å². The predicted octanol–water partition coefficient (Wildman–Crippen LogP) is 3.97. The number of hydrogen-bond acceptors (Lipinski definition) is 1. The van der Waals surface area contributed by atoms with Crippen molar-refractivity contribution >= 4 is 0 Å². The highest BCUT2D eigenvalue weighted by Crippen LogP contribution is 2.44. The number of nitrogens with two attached hydrogens (primary N) is 1. The fourth-order valence-corrected chi connectivity index (χ4v) is 4.40. The van der Waals surface area contributed by atoms with Crippen LogP contribution >= 0.6 is 0 Å². The van der Waals surface area contributed by atoms with E-state index in [4.69, 9.17) is 5.73 Å². The third kappa shape index (κ3) is 2.61.